The van der Waals surface area contributed by atoms with Crippen LogP contribution in [0.15, 0.2) is 24.3 Å². The second-order valence-corrected chi connectivity index (χ2v) is 4.35. The molecule has 0 bridgehead atoms. The van der Waals surface area contributed by atoms with Gasteiger partial charge in [0, 0.05) is 17.9 Å². The number of anilines is 2. The summed E-state index contributed by atoms with van der Waals surface area (Å²) in [6.45, 7) is 0.783. The number of hydrogen-bond donors (Lipinski definition) is 1. The van der Waals surface area contributed by atoms with E-state index in [0.29, 0.717) is 0 Å². The van der Waals surface area contributed by atoms with Crippen molar-refractivity contribution >= 4 is 17.3 Å². The molecule has 1 fully saturated rings. The van der Waals surface area contributed by atoms with Crippen LogP contribution < -0.4 is 10.6 Å². The first-order valence-corrected chi connectivity index (χ1v) is 5.43. The minimum atomic E-state index is 0.0116. The molecule has 0 saturated carbocycles. The minimum absolute atomic E-state index is 0.0116. The standard InChI is InChI=1S/C12H17N3O/c1-14(2)11-7-8-15(12(11)16)10-5-3-9(13)4-6-10/h3-6,11H,7-8,13H2,1-2H3. The molecule has 0 aliphatic carbocycles. The number of hydrogen-bond acceptors (Lipinski definition) is 3. The Morgan fingerprint density at radius 3 is 2.44 bits per heavy atom. The van der Waals surface area contributed by atoms with Gasteiger partial charge in [-0.2, -0.15) is 0 Å². The maximum atomic E-state index is 12.1. The van der Waals surface area contributed by atoms with Crippen LogP contribution in [0.5, 0.6) is 0 Å². The summed E-state index contributed by atoms with van der Waals surface area (Å²) in [5.74, 6) is 0.176. The van der Waals surface area contributed by atoms with E-state index in [9.17, 15) is 4.79 Å². The fourth-order valence-corrected chi connectivity index (χ4v) is 2.05. The normalized spacial score (nSPS) is 20.8. The largest absolute Gasteiger partial charge is 0.399 e. The zero-order valence-corrected chi connectivity index (χ0v) is 9.68. The molecule has 1 aromatic rings. The molecular formula is C12H17N3O. The number of carbonyl (C=O) groups excluding carboxylic acids is 1. The zero-order valence-electron chi connectivity index (χ0n) is 9.68. The van der Waals surface area contributed by atoms with E-state index in [-0.39, 0.29) is 11.9 Å². The molecular weight excluding hydrogens is 202 g/mol. The van der Waals surface area contributed by atoms with Gasteiger partial charge in [-0.1, -0.05) is 0 Å². The van der Waals surface area contributed by atoms with Gasteiger partial charge < -0.3 is 10.6 Å². The predicted molar refractivity (Wildman–Crippen MR) is 65.3 cm³/mol. The summed E-state index contributed by atoms with van der Waals surface area (Å²) in [7, 11) is 3.88. The van der Waals surface area contributed by atoms with Gasteiger partial charge in [-0.3, -0.25) is 9.69 Å². The number of carbonyl (C=O) groups is 1. The Morgan fingerprint density at radius 1 is 1.31 bits per heavy atom. The molecule has 1 heterocycles. The van der Waals surface area contributed by atoms with Crippen molar-refractivity contribution in [2.75, 3.05) is 31.3 Å². The molecule has 1 aromatic carbocycles. The molecule has 86 valence electrons. The molecule has 16 heavy (non-hydrogen) atoms. The van der Waals surface area contributed by atoms with E-state index in [1.165, 1.54) is 0 Å². The highest BCUT2D eigenvalue weighted by atomic mass is 16.2. The topological polar surface area (TPSA) is 49.6 Å². The number of nitrogen functional groups attached to an aromatic ring is 1. The van der Waals surface area contributed by atoms with Crippen LogP contribution in [0, 0.1) is 0 Å². The summed E-state index contributed by atoms with van der Waals surface area (Å²) in [6, 6.07) is 7.45. The summed E-state index contributed by atoms with van der Waals surface area (Å²) in [5, 5.41) is 0. The van der Waals surface area contributed by atoms with Crippen molar-refractivity contribution in [3.8, 4) is 0 Å². The van der Waals surface area contributed by atoms with E-state index in [2.05, 4.69) is 0 Å². The van der Waals surface area contributed by atoms with Crippen molar-refractivity contribution < 1.29 is 4.79 Å². The van der Waals surface area contributed by atoms with Crippen molar-refractivity contribution in [2.45, 2.75) is 12.5 Å². The lowest BCUT2D eigenvalue weighted by molar-refractivity contribution is -0.120. The van der Waals surface area contributed by atoms with Gasteiger partial charge in [0.15, 0.2) is 0 Å². The van der Waals surface area contributed by atoms with Crippen molar-refractivity contribution in [1.82, 2.24) is 4.90 Å². The average molecular weight is 219 g/mol. The van der Waals surface area contributed by atoms with Crippen molar-refractivity contribution in [3.63, 3.8) is 0 Å². The Hall–Kier alpha value is -1.55. The molecule has 0 radical (unpaired) electrons. The summed E-state index contributed by atoms with van der Waals surface area (Å²) in [4.78, 5) is 15.9. The Balaban J connectivity index is 2.18. The van der Waals surface area contributed by atoms with E-state index in [1.54, 1.807) is 0 Å². The third kappa shape index (κ3) is 1.88. The molecule has 1 unspecified atom stereocenters. The molecule has 1 atom stereocenters. The molecule has 2 N–H and O–H groups in total. The maximum Gasteiger partial charge on any atom is 0.244 e. The molecule has 1 aliphatic rings. The van der Waals surface area contributed by atoms with Crippen LogP contribution in [0.2, 0.25) is 0 Å². The third-order valence-corrected chi connectivity index (χ3v) is 3.01. The van der Waals surface area contributed by atoms with Crippen LogP contribution in [0.4, 0.5) is 11.4 Å². The van der Waals surface area contributed by atoms with Crippen LogP contribution in [0.25, 0.3) is 0 Å². The SMILES string of the molecule is CN(C)C1CCN(c2ccc(N)cc2)C1=O. The van der Waals surface area contributed by atoms with Gasteiger partial charge in [-0.05, 0) is 44.8 Å². The van der Waals surface area contributed by atoms with E-state index >= 15 is 0 Å². The summed E-state index contributed by atoms with van der Waals surface area (Å²) in [5.41, 5.74) is 7.28. The molecule has 1 saturated heterocycles. The fraction of sp³-hybridized carbons (Fsp3) is 0.417. The Labute approximate surface area is 95.6 Å². The van der Waals surface area contributed by atoms with Gasteiger partial charge in [-0.25, -0.2) is 0 Å². The Bertz CT molecular complexity index is 386. The first-order valence-electron chi connectivity index (χ1n) is 5.43. The van der Waals surface area contributed by atoms with E-state index in [0.717, 1.165) is 24.3 Å². The van der Waals surface area contributed by atoms with Crippen LogP contribution in [-0.2, 0) is 4.79 Å². The van der Waals surface area contributed by atoms with Crippen molar-refractivity contribution in [1.29, 1.82) is 0 Å². The second-order valence-electron chi connectivity index (χ2n) is 4.35. The number of nitrogens with two attached hydrogens (primary N) is 1. The molecule has 2 rings (SSSR count). The number of amides is 1. The number of rotatable bonds is 2. The number of likely N-dealkylation sites (N-methyl/N-ethyl adjacent to an activating group) is 1. The van der Waals surface area contributed by atoms with Crippen molar-refractivity contribution in [2.24, 2.45) is 0 Å². The van der Waals surface area contributed by atoms with E-state index in [1.807, 2.05) is 48.2 Å². The number of nitrogens with zero attached hydrogens (tertiary/aromatic N) is 2. The summed E-state index contributed by atoms with van der Waals surface area (Å²) < 4.78 is 0. The van der Waals surface area contributed by atoms with Crippen LogP contribution in [-0.4, -0.2) is 37.5 Å². The lowest BCUT2D eigenvalue weighted by atomic mass is 10.2. The molecule has 1 amide bonds. The molecule has 4 nitrogen and oxygen atoms in total. The van der Waals surface area contributed by atoms with Crippen LogP contribution in [0.3, 0.4) is 0 Å². The second kappa shape index (κ2) is 4.14. The van der Waals surface area contributed by atoms with E-state index in [4.69, 9.17) is 5.73 Å². The highest BCUT2D eigenvalue weighted by Crippen LogP contribution is 2.24. The van der Waals surface area contributed by atoms with Crippen LogP contribution in [0.1, 0.15) is 6.42 Å². The smallest absolute Gasteiger partial charge is 0.244 e. The molecule has 1 aliphatic heterocycles. The van der Waals surface area contributed by atoms with Gasteiger partial charge in [-0.15, -0.1) is 0 Å². The monoisotopic (exact) mass is 219 g/mol. The van der Waals surface area contributed by atoms with Gasteiger partial charge >= 0.3 is 0 Å². The third-order valence-electron chi connectivity index (χ3n) is 3.01. The highest BCUT2D eigenvalue weighted by molar-refractivity contribution is 5.99. The average Bonchev–Trinajstić information content (AvgIpc) is 2.61. The first kappa shape index (κ1) is 11.0. The Morgan fingerprint density at radius 2 is 1.94 bits per heavy atom. The lowest BCUT2D eigenvalue weighted by Crippen LogP contribution is -2.37. The maximum absolute atomic E-state index is 12.1. The molecule has 0 aromatic heterocycles. The van der Waals surface area contributed by atoms with E-state index < -0.39 is 0 Å². The van der Waals surface area contributed by atoms with Gasteiger partial charge in [0.25, 0.3) is 0 Å². The highest BCUT2D eigenvalue weighted by Gasteiger charge is 2.33. The summed E-state index contributed by atoms with van der Waals surface area (Å²) in [6.07, 6.45) is 0.885. The minimum Gasteiger partial charge on any atom is -0.399 e. The fourth-order valence-electron chi connectivity index (χ4n) is 2.05. The van der Waals surface area contributed by atoms with Gasteiger partial charge in [0.1, 0.15) is 0 Å². The van der Waals surface area contributed by atoms with Crippen molar-refractivity contribution in [3.05, 3.63) is 24.3 Å². The lowest BCUT2D eigenvalue weighted by Gasteiger charge is -2.20. The van der Waals surface area contributed by atoms with Crippen LogP contribution >= 0.6 is 0 Å². The first-order chi connectivity index (χ1) is 7.59. The van der Waals surface area contributed by atoms with Gasteiger partial charge in [0.05, 0.1) is 6.04 Å². The predicted octanol–water partition coefficient (Wildman–Crippen LogP) is 0.936. The zero-order chi connectivity index (χ0) is 11.7. The summed E-state index contributed by atoms with van der Waals surface area (Å²) >= 11 is 0. The van der Waals surface area contributed by atoms with Gasteiger partial charge in [0.2, 0.25) is 5.91 Å². The quantitative estimate of drug-likeness (QED) is 0.753. The molecule has 4 heteroatoms. The number of benzene rings is 1. The Kier molecular flexibility index (Phi) is 2.83. The molecule has 0 spiro atoms.